The minimum atomic E-state index is -4.02. The molecule has 7 nitrogen and oxygen atoms in total. The van der Waals surface area contributed by atoms with Crippen molar-refractivity contribution in [1.82, 2.24) is 15.5 Å². The molecule has 0 spiro atoms. The zero-order valence-electron chi connectivity index (χ0n) is 18.6. The van der Waals surface area contributed by atoms with E-state index in [1.54, 1.807) is 0 Å². The molecule has 1 saturated heterocycles. The molecule has 0 saturated carbocycles. The quantitative estimate of drug-likeness (QED) is 0.408. The Bertz CT molecular complexity index is 1310. The predicted octanol–water partition coefficient (Wildman–Crippen LogP) is -0.956. The Hall–Kier alpha value is -3.07. The standard InChI is InChI=1S/C22H14B4ClF2N3O4/c23-16-12(22(25,26)31-20(36)21(28,29)10-1-3-11(27)4-2-10)7-9-8-32(19(35)15(9)17(16)24)13-5-6-14(33)30-18(13)34/h1-4,7,13H,5-6,8H2,(H,31,36)(H,30,33,34). The topological polar surface area (TPSA) is 95.6 Å². The Morgan fingerprint density at radius 2 is 1.75 bits per heavy atom. The zero-order chi connectivity index (χ0) is 26.6. The molecule has 36 heavy (non-hydrogen) atoms. The molecule has 2 aliphatic heterocycles. The van der Waals surface area contributed by atoms with E-state index in [1.165, 1.54) is 23.1 Å². The maximum atomic E-state index is 14.8. The number of hydrogen-bond acceptors (Lipinski definition) is 4. The molecule has 2 aromatic rings. The number of benzene rings is 2. The van der Waals surface area contributed by atoms with Gasteiger partial charge in [-0.3, -0.25) is 24.5 Å². The average molecular weight is 501 g/mol. The maximum absolute atomic E-state index is 14.8. The molecular weight excluding hydrogens is 487 g/mol. The number of halogens is 3. The second-order valence-electron chi connectivity index (χ2n) is 8.59. The number of hydrogen-bond donors (Lipinski definition) is 2. The molecule has 2 aliphatic rings. The lowest BCUT2D eigenvalue weighted by Gasteiger charge is -2.33. The Morgan fingerprint density at radius 1 is 1.11 bits per heavy atom. The highest BCUT2D eigenvalue weighted by atomic mass is 35.5. The summed E-state index contributed by atoms with van der Waals surface area (Å²) in [4.78, 5) is 50.5. The maximum Gasteiger partial charge on any atom is 0.349 e. The number of fused-ring (bicyclic) bond motifs is 1. The predicted molar refractivity (Wildman–Crippen MR) is 130 cm³/mol. The third-order valence-electron chi connectivity index (χ3n) is 6.15. The molecule has 14 heteroatoms. The van der Waals surface area contributed by atoms with Crippen LogP contribution in [0.3, 0.4) is 0 Å². The van der Waals surface area contributed by atoms with Gasteiger partial charge in [0.05, 0.1) is 15.7 Å². The van der Waals surface area contributed by atoms with Crippen LogP contribution in [0.2, 0.25) is 5.02 Å². The molecule has 0 bridgehead atoms. The fraction of sp³-hybridized carbons (Fsp3) is 0.273. The smallest absolute Gasteiger partial charge is 0.349 e. The monoisotopic (exact) mass is 501 g/mol. The van der Waals surface area contributed by atoms with Crippen molar-refractivity contribution in [2.45, 2.75) is 36.7 Å². The van der Waals surface area contributed by atoms with Crippen molar-refractivity contribution in [3.63, 3.8) is 0 Å². The second-order valence-corrected chi connectivity index (χ2v) is 9.03. The highest BCUT2D eigenvalue weighted by Gasteiger charge is 2.44. The molecule has 1 atom stereocenters. The summed E-state index contributed by atoms with van der Waals surface area (Å²) in [7, 11) is 24.1. The summed E-state index contributed by atoms with van der Waals surface area (Å²) in [5.41, 5.74) is -1.13. The second kappa shape index (κ2) is 9.10. The summed E-state index contributed by atoms with van der Waals surface area (Å²) in [5, 5.41) is 1.84. The highest BCUT2D eigenvalue weighted by Crippen LogP contribution is 2.31. The van der Waals surface area contributed by atoms with Gasteiger partial charge in [0.1, 0.15) is 21.7 Å². The third-order valence-corrected chi connectivity index (χ3v) is 6.40. The number of alkyl halides is 2. The lowest BCUT2D eigenvalue weighted by Crippen LogP contribution is -2.55. The summed E-state index contributed by atoms with van der Waals surface area (Å²) in [6.45, 7) is -0.108. The molecule has 0 aromatic heterocycles. The summed E-state index contributed by atoms with van der Waals surface area (Å²) in [5.74, 6) is -7.52. The van der Waals surface area contributed by atoms with Gasteiger partial charge in [-0.2, -0.15) is 8.78 Å². The van der Waals surface area contributed by atoms with Crippen LogP contribution in [0.15, 0.2) is 30.3 Å². The van der Waals surface area contributed by atoms with Crippen molar-refractivity contribution in [2.24, 2.45) is 0 Å². The van der Waals surface area contributed by atoms with Gasteiger partial charge in [-0.25, -0.2) is 0 Å². The molecule has 1 unspecified atom stereocenters. The SMILES string of the molecule is [B]c1c(C([B])([B])NC(=O)C(F)(F)c2ccc(Cl)cc2)cc2c(c1[B])C(=O)N(C1CCC(=O)NC1=O)C2. The van der Waals surface area contributed by atoms with Crippen molar-refractivity contribution in [1.29, 1.82) is 0 Å². The molecule has 0 aliphatic carbocycles. The molecule has 8 radical (unpaired) electrons. The Labute approximate surface area is 215 Å². The van der Waals surface area contributed by atoms with E-state index in [2.05, 4.69) is 5.32 Å². The number of imide groups is 1. The van der Waals surface area contributed by atoms with Crippen molar-refractivity contribution in [2.75, 3.05) is 0 Å². The first-order valence-corrected chi connectivity index (χ1v) is 11.0. The average Bonchev–Trinajstić information content (AvgIpc) is 3.12. The van der Waals surface area contributed by atoms with E-state index in [4.69, 9.17) is 43.0 Å². The summed E-state index contributed by atoms with van der Waals surface area (Å²) < 4.78 is 29.5. The molecular formula is C22H14B4ClF2N3O4. The van der Waals surface area contributed by atoms with Gasteiger partial charge in [-0.15, -0.1) is 0 Å². The molecule has 1 fully saturated rings. The van der Waals surface area contributed by atoms with Crippen molar-refractivity contribution >= 4 is 77.5 Å². The first kappa shape index (κ1) is 26.0. The number of rotatable bonds is 5. The molecule has 4 amide bonds. The van der Waals surface area contributed by atoms with E-state index in [0.29, 0.717) is 0 Å². The van der Waals surface area contributed by atoms with Gasteiger partial charge in [0.25, 0.3) is 11.8 Å². The third kappa shape index (κ3) is 4.45. The van der Waals surface area contributed by atoms with Gasteiger partial charge in [0.2, 0.25) is 11.8 Å². The van der Waals surface area contributed by atoms with E-state index in [1.807, 2.05) is 5.32 Å². The van der Waals surface area contributed by atoms with E-state index in [0.717, 1.165) is 12.1 Å². The van der Waals surface area contributed by atoms with Crippen molar-refractivity contribution in [3.05, 3.63) is 57.6 Å². The molecule has 2 N–H and O–H groups in total. The van der Waals surface area contributed by atoms with Crippen LogP contribution in [-0.4, -0.2) is 66.0 Å². The van der Waals surface area contributed by atoms with E-state index in [-0.39, 0.29) is 52.0 Å². The lowest BCUT2D eigenvalue weighted by molar-refractivity contribution is -0.147. The van der Waals surface area contributed by atoms with Gasteiger partial charge in [0.15, 0.2) is 0 Å². The summed E-state index contributed by atoms with van der Waals surface area (Å²) in [6.07, 6.45) is 0.155. The minimum absolute atomic E-state index is 0.00503. The Morgan fingerprint density at radius 3 is 2.36 bits per heavy atom. The number of nitrogens with one attached hydrogen (secondary N) is 2. The normalized spacial score (nSPS) is 18.1. The fourth-order valence-corrected chi connectivity index (χ4v) is 4.38. The summed E-state index contributed by atoms with van der Waals surface area (Å²) in [6, 6.07) is 4.69. The number of nitrogens with zero attached hydrogens (tertiary/aromatic N) is 1. The summed E-state index contributed by atoms with van der Waals surface area (Å²) >= 11 is 5.72. The van der Waals surface area contributed by atoms with E-state index >= 15 is 0 Å². The van der Waals surface area contributed by atoms with Gasteiger partial charge in [-0.05, 0) is 35.0 Å². The van der Waals surface area contributed by atoms with Crippen LogP contribution in [0.25, 0.3) is 0 Å². The number of piperidine rings is 1. The van der Waals surface area contributed by atoms with Crippen LogP contribution in [0.5, 0.6) is 0 Å². The van der Waals surface area contributed by atoms with Crippen LogP contribution in [-0.2, 0) is 32.2 Å². The Kier molecular flexibility index (Phi) is 6.58. The Balaban J connectivity index is 1.63. The number of amides is 4. The van der Waals surface area contributed by atoms with Gasteiger partial charge in [0, 0.05) is 29.1 Å². The molecule has 174 valence electrons. The molecule has 2 aromatic carbocycles. The van der Waals surface area contributed by atoms with Crippen molar-refractivity contribution < 1.29 is 28.0 Å². The molecule has 4 rings (SSSR count). The van der Waals surface area contributed by atoms with Crippen LogP contribution >= 0.6 is 11.6 Å². The van der Waals surface area contributed by atoms with E-state index in [9.17, 15) is 28.0 Å². The zero-order valence-corrected chi connectivity index (χ0v) is 19.4. The van der Waals surface area contributed by atoms with Crippen LogP contribution in [0.4, 0.5) is 8.78 Å². The van der Waals surface area contributed by atoms with Crippen molar-refractivity contribution in [3.8, 4) is 0 Å². The fourth-order valence-electron chi connectivity index (χ4n) is 4.25. The largest absolute Gasteiger partial charge is 0.358 e. The number of carbonyl (C=O) groups excluding carboxylic acids is 4. The van der Waals surface area contributed by atoms with Gasteiger partial charge in [-0.1, -0.05) is 40.7 Å². The van der Waals surface area contributed by atoms with E-state index < -0.39 is 46.5 Å². The first-order valence-electron chi connectivity index (χ1n) is 10.6. The minimum Gasteiger partial charge on any atom is -0.358 e. The van der Waals surface area contributed by atoms with Crippen LogP contribution in [0, 0.1) is 0 Å². The van der Waals surface area contributed by atoms with Crippen LogP contribution in [0.1, 0.15) is 39.9 Å². The van der Waals surface area contributed by atoms with Gasteiger partial charge >= 0.3 is 5.92 Å². The van der Waals surface area contributed by atoms with Gasteiger partial charge < -0.3 is 10.2 Å². The lowest BCUT2D eigenvalue weighted by atomic mass is 9.54. The number of carbonyl (C=O) groups is 4. The molecule has 2 heterocycles. The highest BCUT2D eigenvalue weighted by molar-refractivity contribution is 6.53. The van der Waals surface area contributed by atoms with Crippen LogP contribution < -0.4 is 21.6 Å². The first-order chi connectivity index (χ1) is 16.7.